The maximum absolute atomic E-state index is 12.5. The highest BCUT2D eigenvalue weighted by atomic mass is 32.1. The molecular formula is C29H28F3N5OS. The number of halogens is 3. The van der Waals surface area contributed by atoms with Crippen LogP contribution in [0.3, 0.4) is 0 Å². The van der Waals surface area contributed by atoms with Crippen molar-refractivity contribution in [3.63, 3.8) is 0 Å². The molecule has 2 N–H and O–H groups in total. The molecule has 1 aliphatic heterocycles. The van der Waals surface area contributed by atoms with Gasteiger partial charge in [-0.15, -0.1) is 13.2 Å². The Labute approximate surface area is 230 Å². The van der Waals surface area contributed by atoms with E-state index in [4.69, 9.17) is 17.3 Å². The Kier molecular flexibility index (Phi) is 7.31. The van der Waals surface area contributed by atoms with Gasteiger partial charge in [0.2, 0.25) is 0 Å². The maximum atomic E-state index is 12.5. The van der Waals surface area contributed by atoms with Crippen molar-refractivity contribution in [2.24, 2.45) is 16.1 Å². The number of thiocarbonyl (C=S) groups is 1. The summed E-state index contributed by atoms with van der Waals surface area (Å²) in [6, 6.07) is 18.2. The van der Waals surface area contributed by atoms with E-state index in [1.807, 2.05) is 50.2 Å². The molecule has 0 spiro atoms. The van der Waals surface area contributed by atoms with Crippen molar-refractivity contribution < 1.29 is 17.9 Å². The number of anilines is 1. The molecule has 1 aliphatic carbocycles. The summed E-state index contributed by atoms with van der Waals surface area (Å²) in [5.74, 6) is -0.0843. The Hall–Kier alpha value is -3.92. The number of alkyl halides is 3. The predicted octanol–water partition coefficient (Wildman–Crippen LogP) is 6.48. The number of aryl methyl sites for hydroxylation is 3. The average Bonchev–Trinajstić information content (AvgIpc) is 3.22. The van der Waals surface area contributed by atoms with Crippen LogP contribution in [-0.2, 0) is 6.42 Å². The van der Waals surface area contributed by atoms with E-state index in [-0.39, 0.29) is 17.7 Å². The Bertz CT molecular complexity index is 1430. The van der Waals surface area contributed by atoms with Crippen LogP contribution in [0.1, 0.15) is 45.8 Å². The van der Waals surface area contributed by atoms with E-state index in [1.165, 1.54) is 17.7 Å². The van der Waals surface area contributed by atoms with Crippen LogP contribution >= 0.6 is 12.2 Å². The highest BCUT2D eigenvalue weighted by Crippen LogP contribution is 2.43. The number of nitrogens with one attached hydrogen (secondary N) is 2. The number of para-hydroxylation sites is 1. The molecular weight excluding hydrogens is 523 g/mol. The van der Waals surface area contributed by atoms with Crippen molar-refractivity contribution in [2.75, 3.05) is 12.4 Å². The minimum atomic E-state index is -4.71. The maximum Gasteiger partial charge on any atom is 0.573 e. The van der Waals surface area contributed by atoms with Crippen LogP contribution in [0.4, 0.5) is 18.9 Å². The van der Waals surface area contributed by atoms with Gasteiger partial charge in [-0.25, -0.2) is 0 Å². The second-order valence-corrected chi connectivity index (χ2v) is 10.2. The third-order valence-electron chi connectivity index (χ3n) is 7.08. The molecule has 2 aliphatic rings. The minimum Gasteiger partial charge on any atom is -0.406 e. The fraction of sp³-hybridized carbons (Fsp3) is 0.276. The number of rotatable bonds is 5. The van der Waals surface area contributed by atoms with Gasteiger partial charge in [-0.1, -0.05) is 42.5 Å². The summed E-state index contributed by atoms with van der Waals surface area (Å²) in [6.45, 7) is 4.05. The second-order valence-electron chi connectivity index (χ2n) is 9.77. The van der Waals surface area contributed by atoms with Gasteiger partial charge in [0, 0.05) is 24.2 Å². The van der Waals surface area contributed by atoms with Crippen molar-refractivity contribution in [3.05, 3.63) is 94.0 Å². The van der Waals surface area contributed by atoms with E-state index in [2.05, 4.69) is 32.7 Å². The molecule has 3 aromatic rings. The fourth-order valence-corrected chi connectivity index (χ4v) is 5.51. The smallest absolute Gasteiger partial charge is 0.406 e. The van der Waals surface area contributed by atoms with Crippen molar-refractivity contribution >= 4 is 34.9 Å². The lowest BCUT2D eigenvalue weighted by atomic mass is 9.77. The summed E-state index contributed by atoms with van der Waals surface area (Å²) in [5.41, 5.74) is 11.2. The summed E-state index contributed by atoms with van der Waals surface area (Å²) < 4.78 is 41.6. The van der Waals surface area contributed by atoms with Gasteiger partial charge >= 0.3 is 6.36 Å². The first-order chi connectivity index (χ1) is 18.6. The van der Waals surface area contributed by atoms with Crippen molar-refractivity contribution in [3.8, 4) is 5.75 Å². The third-order valence-corrected chi connectivity index (χ3v) is 7.28. The number of benzene rings is 3. The van der Waals surface area contributed by atoms with Crippen LogP contribution < -0.4 is 15.5 Å². The number of nitrogens with zero attached hydrogens (tertiary/aromatic N) is 3. The van der Waals surface area contributed by atoms with Crippen LogP contribution in [-0.4, -0.2) is 35.5 Å². The van der Waals surface area contributed by atoms with E-state index in [0.29, 0.717) is 5.11 Å². The molecule has 3 aromatic carbocycles. The molecule has 2 unspecified atom stereocenters. The number of hydrogen-bond acceptors (Lipinski definition) is 5. The van der Waals surface area contributed by atoms with E-state index >= 15 is 0 Å². The van der Waals surface area contributed by atoms with E-state index in [9.17, 15) is 13.2 Å². The SMILES string of the molecule is Cc1cccc(C)c1NC(=S)NN=Cc1ccc2c(c1)CCC1C2=NN(C)C1c1ccc(OC(F)(F)F)cc1. The third kappa shape index (κ3) is 5.90. The summed E-state index contributed by atoms with van der Waals surface area (Å²) in [6.07, 6.45) is -1.23. The molecule has 202 valence electrons. The molecule has 0 bridgehead atoms. The molecule has 39 heavy (non-hydrogen) atoms. The molecule has 5 rings (SSSR count). The van der Waals surface area contributed by atoms with Crippen LogP contribution in [0.5, 0.6) is 5.75 Å². The Balaban J connectivity index is 1.25. The van der Waals surface area contributed by atoms with Gasteiger partial charge in [0.25, 0.3) is 0 Å². The zero-order chi connectivity index (χ0) is 27.7. The second kappa shape index (κ2) is 10.7. The molecule has 6 nitrogen and oxygen atoms in total. The molecule has 10 heteroatoms. The summed E-state index contributed by atoms with van der Waals surface area (Å²) >= 11 is 5.40. The quantitative estimate of drug-likeness (QED) is 0.216. The van der Waals surface area contributed by atoms with Crippen molar-refractivity contribution in [1.82, 2.24) is 10.4 Å². The minimum absolute atomic E-state index is 0.0519. The zero-order valence-electron chi connectivity index (χ0n) is 21.7. The summed E-state index contributed by atoms with van der Waals surface area (Å²) in [4.78, 5) is 0. The van der Waals surface area contributed by atoms with Gasteiger partial charge < -0.3 is 10.1 Å². The number of ether oxygens (including phenoxy) is 1. The summed E-state index contributed by atoms with van der Waals surface area (Å²) in [7, 11) is 1.90. The Morgan fingerprint density at radius 3 is 2.51 bits per heavy atom. The lowest BCUT2D eigenvalue weighted by molar-refractivity contribution is -0.274. The highest BCUT2D eigenvalue weighted by molar-refractivity contribution is 7.80. The monoisotopic (exact) mass is 551 g/mol. The molecule has 1 heterocycles. The molecule has 0 saturated heterocycles. The lowest BCUT2D eigenvalue weighted by Crippen LogP contribution is -2.27. The number of fused-ring (bicyclic) bond motifs is 3. The van der Waals surface area contributed by atoms with Crippen LogP contribution in [0, 0.1) is 19.8 Å². The van der Waals surface area contributed by atoms with Gasteiger partial charge in [-0.3, -0.25) is 10.4 Å². The molecule has 0 saturated carbocycles. The van der Waals surface area contributed by atoms with Gasteiger partial charge in [0.15, 0.2) is 5.11 Å². The van der Waals surface area contributed by atoms with E-state index in [0.717, 1.165) is 52.1 Å². The topological polar surface area (TPSA) is 61.2 Å². The largest absolute Gasteiger partial charge is 0.573 e. The molecule has 0 fully saturated rings. The predicted molar refractivity (Wildman–Crippen MR) is 151 cm³/mol. The first-order valence-corrected chi connectivity index (χ1v) is 13.0. The normalized spacial score (nSPS) is 18.4. The Morgan fingerprint density at radius 1 is 1.10 bits per heavy atom. The van der Waals surface area contributed by atoms with Gasteiger partial charge in [-0.05, 0) is 84.9 Å². The van der Waals surface area contributed by atoms with Gasteiger partial charge in [-0.2, -0.15) is 10.2 Å². The first kappa shape index (κ1) is 26.7. The van der Waals surface area contributed by atoms with E-state index < -0.39 is 6.36 Å². The van der Waals surface area contributed by atoms with E-state index in [1.54, 1.807) is 18.3 Å². The summed E-state index contributed by atoms with van der Waals surface area (Å²) in [5, 5.41) is 14.7. The molecule has 0 amide bonds. The van der Waals surface area contributed by atoms with Gasteiger partial charge in [0.05, 0.1) is 18.0 Å². The first-order valence-electron chi connectivity index (χ1n) is 12.6. The number of hydrazone groups is 2. The lowest BCUT2D eigenvalue weighted by Gasteiger charge is -2.29. The molecule has 2 atom stereocenters. The van der Waals surface area contributed by atoms with Crippen molar-refractivity contribution in [2.45, 2.75) is 39.1 Å². The average molecular weight is 552 g/mol. The van der Waals surface area contributed by atoms with Gasteiger partial charge in [0.1, 0.15) is 5.75 Å². The van der Waals surface area contributed by atoms with Crippen LogP contribution in [0.2, 0.25) is 0 Å². The van der Waals surface area contributed by atoms with Crippen molar-refractivity contribution in [1.29, 1.82) is 0 Å². The fourth-order valence-electron chi connectivity index (χ4n) is 5.36. The zero-order valence-corrected chi connectivity index (χ0v) is 22.5. The van der Waals surface area contributed by atoms with Crippen LogP contribution in [0.25, 0.3) is 0 Å². The molecule has 0 aromatic heterocycles. The number of hydrogen-bond donors (Lipinski definition) is 2. The van der Waals surface area contributed by atoms with Crippen LogP contribution in [0.15, 0.2) is 70.9 Å². The molecule has 0 radical (unpaired) electrons. The highest BCUT2D eigenvalue weighted by Gasteiger charge is 2.40. The Morgan fingerprint density at radius 2 is 1.82 bits per heavy atom. The standard InChI is InChI=1S/C29H28F3N5OS/c1-17-5-4-6-18(2)25(17)34-28(39)35-33-16-19-7-13-23-21(15-19)10-14-24-26(23)36-37(3)27(24)20-8-11-22(12-9-20)38-29(30,31)32/h4-9,11-13,15-16,24,27H,10,14H2,1-3H3,(H2,34,35,39).